The molecule has 0 saturated carbocycles. The Kier molecular flexibility index (Phi) is 3.11. The fraction of sp³-hybridized carbons (Fsp3) is 0.583. The van der Waals surface area contributed by atoms with Crippen LogP contribution in [0.2, 0.25) is 0 Å². The Morgan fingerprint density at radius 1 is 1.50 bits per heavy atom. The zero-order valence-electron chi connectivity index (χ0n) is 9.91. The van der Waals surface area contributed by atoms with Gasteiger partial charge in [-0.3, -0.25) is 4.98 Å². The van der Waals surface area contributed by atoms with E-state index in [9.17, 15) is 18.3 Å². The van der Waals surface area contributed by atoms with Crippen molar-refractivity contribution in [1.29, 1.82) is 0 Å². The Morgan fingerprint density at radius 3 is 2.72 bits per heavy atom. The standard InChI is InChI=1S/C12H15F3N2O/c1-7(16)11(18,12(13,14)15)9-5-4-8-3-2-6-17-10(8)9/h2-3,6-7,9,18H,4-5,16H2,1H3. The number of pyridine rings is 1. The van der Waals surface area contributed by atoms with E-state index >= 15 is 0 Å². The summed E-state index contributed by atoms with van der Waals surface area (Å²) < 4.78 is 39.4. The molecule has 0 saturated heterocycles. The van der Waals surface area contributed by atoms with Gasteiger partial charge < -0.3 is 10.8 Å². The van der Waals surface area contributed by atoms with Crippen LogP contribution in [0.15, 0.2) is 18.3 Å². The van der Waals surface area contributed by atoms with Gasteiger partial charge in [-0.2, -0.15) is 13.2 Å². The van der Waals surface area contributed by atoms with Crippen molar-refractivity contribution in [2.75, 3.05) is 0 Å². The molecule has 6 heteroatoms. The minimum atomic E-state index is -4.77. The number of hydrogen-bond acceptors (Lipinski definition) is 3. The van der Waals surface area contributed by atoms with E-state index in [4.69, 9.17) is 5.73 Å². The molecule has 0 spiro atoms. The summed E-state index contributed by atoms with van der Waals surface area (Å²) in [5, 5.41) is 10.1. The lowest BCUT2D eigenvalue weighted by atomic mass is 9.79. The van der Waals surface area contributed by atoms with Gasteiger partial charge in [-0.1, -0.05) is 6.07 Å². The van der Waals surface area contributed by atoms with Gasteiger partial charge in [0.25, 0.3) is 0 Å². The van der Waals surface area contributed by atoms with Crippen molar-refractivity contribution in [2.24, 2.45) is 5.73 Å². The summed E-state index contributed by atoms with van der Waals surface area (Å²) >= 11 is 0. The summed E-state index contributed by atoms with van der Waals surface area (Å²) in [4.78, 5) is 3.99. The number of nitrogens with zero attached hydrogens (tertiary/aromatic N) is 1. The highest BCUT2D eigenvalue weighted by Crippen LogP contribution is 2.48. The normalized spacial score (nSPS) is 24.4. The Balaban J connectivity index is 2.48. The molecule has 1 aromatic heterocycles. The second-order valence-corrected chi connectivity index (χ2v) is 4.75. The average Bonchev–Trinajstić information content (AvgIpc) is 2.70. The summed E-state index contributed by atoms with van der Waals surface area (Å²) in [6.07, 6.45) is -2.64. The largest absolute Gasteiger partial charge is 0.419 e. The maximum Gasteiger partial charge on any atom is 0.419 e. The van der Waals surface area contributed by atoms with E-state index in [1.807, 2.05) is 0 Å². The molecule has 3 atom stereocenters. The number of alkyl halides is 3. The molecule has 3 N–H and O–H groups in total. The predicted molar refractivity (Wildman–Crippen MR) is 60.0 cm³/mol. The fourth-order valence-electron chi connectivity index (χ4n) is 2.61. The second-order valence-electron chi connectivity index (χ2n) is 4.75. The van der Waals surface area contributed by atoms with Crippen molar-refractivity contribution in [1.82, 2.24) is 4.98 Å². The highest BCUT2D eigenvalue weighted by atomic mass is 19.4. The molecular formula is C12H15F3N2O. The first-order valence-corrected chi connectivity index (χ1v) is 5.77. The Bertz CT molecular complexity index is 447. The van der Waals surface area contributed by atoms with Crippen molar-refractivity contribution < 1.29 is 18.3 Å². The molecule has 1 aromatic rings. The third-order valence-corrected chi connectivity index (χ3v) is 3.64. The van der Waals surface area contributed by atoms with Crippen LogP contribution in [0.1, 0.15) is 30.5 Å². The molecule has 0 aliphatic heterocycles. The first kappa shape index (κ1) is 13.3. The lowest BCUT2D eigenvalue weighted by Gasteiger charge is -2.38. The van der Waals surface area contributed by atoms with Crippen LogP contribution in [0.5, 0.6) is 0 Å². The third-order valence-electron chi connectivity index (χ3n) is 3.64. The molecular weight excluding hydrogens is 245 g/mol. The molecule has 0 amide bonds. The monoisotopic (exact) mass is 260 g/mol. The number of aryl methyl sites for hydroxylation is 1. The topological polar surface area (TPSA) is 59.1 Å². The van der Waals surface area contributed by atoms with Gasteiger partial charge in [0.2, 0.25) is 0 Å². The summed E-state index contributed by atoms with van der Waals surface area (Å²) in [5.41, 5.74) is 3.54. The van der Waals surface area contributed by atoms with Crippen LogP contribution in [0.25, 0.3) is 0 Å². The lowest BCUT2D eigenvalue weighted by Crippen LogP contribution is -2.60. The Labute approximate surface area is 103 Å². The van der Waals surface area contributed by atoms with E-state index in [2.05, 4.69) is 4.98 Å². The summed E-state index contributed by atoms with van der Waals surface area (Å²) in [6.45, 7) is 1.18. The Morgan fingerprint density at radius 2 is 2.17 bits per heavy atom. The van der Waals surface area contributed by atoms with Gasteiger partial charge in [-0.25, -0.2) is 0 Å². The van der Waals surface area contributed by atoms with Crippen LogP contribution in [0.4, 0.5) is 13.2 Å². The molecule has 0 fully saturated rings. The fourth-order valence-corrected chi connectivity index (χ4v) is 2.61. The van der Waals surface area contributed by atoms with Gasteiger partial charge in [0, 0.05) is 23.9 Å². The molecule has 0 bridgehead atoms. The zero-order valence-corrected chi connectivity index (χ0v) is 9.91. The minimum Gasteiger partial charge on any atom is -0.379 e. The molecule has 1 aliphatic rings. The highest BCUT2D eigenvalue weighted by molar-refractivity contribution is 5.32. The molecule has 1 aliphatic carbocycles. The summed E-state index contributed by atoms with van der Waals surface area (Å²) in [5.74, 6) is -1.09. The van der Waals surface area contributed by atoms with Crippen LogP contribution >= 0.6 is 0 Å². The summed E-state index contributed by atoms with van der Waals surface area (Å²) in [7, 11) is 0. The molecule has 18 heavy (non-hydrogen) atoms. The number of rotatable bonds is 2. The third kappa shape index (κ3) is 1.80. The van der Waals surface area contributed by atoms with Crippen molar-refractivity contribution in [3.8, 4) is 0 Å². The average molecular weight is 260 g/mol. The number of aliphatic hydroxyl groups is 1. The van der Waals surface area contributed by atoms with E-state index in [1.165, 1.54) is 13.1 Å². The number of fused-ring (bicyclic) bond motifs is 1. The van der Waals surface area contributed by atoms with Crippen LogP contribution in [-0.2, 0) is 6.42 Å². The van der Waals surface area contributed by atoms with Crippen molar-refractivity contribution in [3.05, 3.63) is 29.6 Å². The van der Waals surface area contributed by atoms with Crippen LogP contribution < -0.4 is 5.73 Å². The Hall–Kier alpha value is -1.14. The maximum absolute atomic E-state index is 13.1. The molecule has 1 heterocycles. The van der Waals surface area contributed by atoms with E-state index < -0.39 is 23.7 Å². The number of aromatic nitrogens is 1. The minimum absolute atomic E-state index is 0.212. The van der Waals surface area contributed by atoms with E-state index in [-0.39, 0.29) is 6.42 Å². The van der Waals surface area contributed by atoms with E-state index in [1.54, 1.807) is 12.1 Å². The van der Waals surface area contributed by atoms with Crippen LogP contribution in [0.3, 0.4) is 0 Å². The zero-order chi connectivity index (χ0) is 13.6. The SMILES string of the molecule is CC(N)C(O)(C1CCc2cccnc21)C(F)(F)F. The highest BCUT2D eigenvalue weighted by Gasteiger charge is 2.62. The van der Waals surface area contributed by atoms with E-state index in [0.717, 1.165) is 5.56 Å². The summed E-state index contributed by atoms with van der Waals surface area (Å²) in [6, 6.07) is 2.01. The van der Waals surface area contributed by atoms with E-state index in [0.29, 0.717) is 12.1 Å². The maximum atomic E-state index is 13.1. The molecule has 2 rings (SSSR count). The van der Waals surface area contributed by atoms with Gasteiger partial charge in [-0.05, 0) is 31.4 Å². The van der Waals surface area contributed by atoms with Gasteiger partial charge in [-0.15, -0.1) is 0 Å². The van der Waals surface area contributed by atoms with Gasteiger partial charge in [0.05, 0.1) is 0 Å². The van der Waals surface area contributed by atoms with Crippen LogP contribution in [-0.4, -0.2) is 27.9 Å². The van der Waals surface area contributed by atoms with Gasteiger partial charge >= 0.3 is 6.18 Å². The predicted octanol–water partition coefficient (Wildman–Crippen LogP) is 1.75. The number of halogens is 3. The first-order valence-electron chi connectivity index (χ1n) is 5.77. The quantitative estimate of drug-likeness (QED) is 0.851. The molecule has 100 valence electrons. The van der Waals surface area contributed by atoms with Gasteiger partial charge in [0.15, 0.2) is 5.60 Å². The lowest BCUT2D eigenvalue weighted by molar-refractivity contribution is -0.275. The van der Waals surface area contributed by atoms with Crippen molar-refractivity contribution in [3.63, 3.8) is 0 Å². The van der Waals surface area contributed by atoms with Crippen LogP contribution in [0, 0.1) is 0 Å². The van der Waals surface area contributed by atoms with Crippen molar-refractivity contribution in [2.45, 2.75) is 43.5 Å². The molecule has 3 nitrogen and oxygen atoms in total. The number of hydrogen-bond donors (Lipinski definition) is 2. The number of nitrogens with two attached hydrogens (primary N) is 1. The molecule has 0 aromatic carbocycles. The first-order chi connectivity index (χ1) is 8.28. The second kappa shape index (κ2) is 4.20. The molecule has 0 radical (unpaired) electrons. The van der Waals surface area contributed by atoms with Gasteiger partial charge in [0.1, 0.15) is 0 Å². The van der Waals surface area contributed by atoms with Crippen molar-refractivity contribution >= 4 is 0 Å². The smallest absolute Gasteiger partial charge is 0.379 e. The molecule has 3 unspecified atom stereocenters.